The molecule has 0 aliphatic rings. The van der Waals surface area contributed by atoms with E-state index in [9.17, 15) is 22.8 Å². The second-order valence-electron chi connectivity index (χ2n) is 7.42. The van der Waals surface area contributed by atoms with Crippen LogP contribution in [-0.4, -0.2) is 32.2 Å². The summed E-state index contributed by atoms with van der Waals surface area (Å²) in [5.41, 5.74) is 4.07. The largest absolute Gasteiger partial charge is 0.416 e. The van der Waals surface area contributed by atoms with Crippen molar-refractivity contribution in [2.75, 3.05) is 29.6 Å². The van der Waals surface area contributed by atoms with Crippen LogP contribution in [0.25, 0.3) is 0 Å². The first kappa shape index (κ1) is 24.3. The minimum atomic E-state index is -4.51. The van der Waals surface area contributed by atoms with Gasteiger partial charge in [-0.3, -0.25) is 4.79 Å². The Balaban J connectivity index is 1.53. The molecule has 0 saturated carbocycles. The monoisotopic (exact) mass is 469 g/mol. The van der Waals surface area contributed by atoms with Crippen LogP contribution in [0.15, 0.2) is 77.9 Å². The van der Waals surface area contributed by atoms with Gasteiger partial charge in [0.2, 0.25) is 0 Å². The van der Waals surface area contributed by atoms with E-state index >= 15 is 0 Å². The van der Waals surface area contributed by atoms with Gasteiger partial charge in [0, 0.05) is 36.7 Å². The summed E-state index contributed by atoms with van der Waals surface area (Å²) < 4.78 is 38.4. The van der Waals surface area contributed by atoms with E-state index in [-0.39, 0.29) is 5.69 Å². The van der Waals surface area contributed by atoms with Gasteiger partial charge in [0.1, 0.15) is 0 Å². The standard InChI is InChI=1S/C24H22F3N5O2/c1-32(2)21-12-6-16(7-13-21)15-28-31-22(33)17-8-10-19(11-9-17)29-23(34)30-20-5-3-4-18(14-20)24(25,26)27/h3-15H,1-2H3,(H,31,33)(H2,29,30,34)/b28-15-. The van der Waals surface area contributed by atoms with E-state index in [1.165, 1.54) is 42.6 Å². The molecule has 3 amide bonds. The van der Waals surface area contributed by atoms with E-state index in [1.807, 2.05) is 43.3 Å². The first-order chi connectivity index (χ1) is 16.1. The Morgan fingerprint density at radius 3 is 2.15 bits per heavy atom. The van der Waals surface area contributed by atoms with E-state index in [4.69, 9.17) is 0 Å². The molecule has 0 fully saturated rings. The lowest BCUT2D eigenvalue weighted by Crippen LogP contribution is -2.20. The van der Waals surface area contributed by atoms with Gasteiger partial charge in [-0.25, -0.2) is 10.2 Å². The van der Waals surface area contributed by atoms with Crippen molar-refractivity contribution in [3.8, 4) is 0 Å². The highest BCUT2D eigenvalue weighted by Gasteiger charge is 2.30. The zero-order valence-corrected chi connectivity index (χ0v) is 18.4. The number of urea groups is 1. The Morgan fingerprint density at radius 2 is 1.53 bits per heavy atom. The molecule has 0 aliphatic carbocycles. The molecule has 0 aliphatic heterocycles. The Bertz CT molecular complexity index is 1170. The van der Waals surface area contributed by atoms with Crippen molar-refractivity contribution >= 4 is 35.2 Å². The molecule has 0 unspecified atom stereocenters. The van der Waals surface area contributed by atoms with Crippen LogP contribution < -0.4 is 21.0 Å². The number of benzene rings is 3. The van der Waals surface area contributed by atoms with Gasteiger partial charge in [-0.2, -0.15) is 18.3 Å². The summed E-state index contributed by atoms with van der Waals surface area (Å²) in [4.78, 5) is 26.3. The first-order valence-corrected chi connectivity index (χ1v) is 10.1. The van der Waals surface area contributed by atoms with E-state index in [2.05, 4.69) is 21.2 Å². The molecule has 10 heteroatoms. The van der Waals surface area contributed by atoms with Crippen LogP contribution in [0, 0.1) is 0 Å². The number of hydrogen-bond donors (Lipinski definition) is 3. The maximum absolute atomic E-state index is 12.8. The molecule has 0 bridgehead atoms. The lowest BCUT2D eigenvalue weighted by molar-refractivity contribution is -0.137. The predicted octanol–water partition coefficient (Wildman–Crippen LogP) is 5.18. The van der Waals surface area contributed by atoms with E-state index in [0.717, 1.165) is 23.4 Å². The molecular weight excluding hydrogens is 447 g/mol. The average Bonchev–Trinajstić information content (AvgIpc) is 2.79. The summed E-state index contributed by atoms with van der Waals surface area (Å²) in [6, 6.07) is 17.1. The van der Waals surface area contributed by atoms with Crippen molar-refractivity contribution in [2.24, 2.45) is 5.10 Å². The van der Waals surface area contributed by atoms with Crippen molar-refractivity contribution in [3.05, 3.63) is 89.5 Å². The van der Waals surface area contributed by atoms with Gasteiger partial charge in [0.25, 0.3) is 5.91 Å². The zero-order chi connectivity index (χ0) is 24.7. The fraction of sp³-hybridized carbons (Fsp3) is 0.125. The maximum atomic E-state index is 12.8. The number of nitrogens with zero attached hydrogens (tertiary/aromatic N) is 2. The Morgan fingerprint density at radius 1 is 0.882 bits per heavy atom. The smallest absolute Gasteiger partial charge is 0.378 e. The van der Waals surface area contributed by atoms with Gasteiger partial charge >= 0.3 is 12.2 Å². The minimum Gasteiger partial charge on any atom is -0.378 e. The summed E-state index contributed by atoms with van der Waals surface area (Å²) in [6.45, 7) is 0. The number of anilines is 3. The molecule has 0 radical (unpaired) electrons. The van der Waals surface area contributed by atoms with Crippen molar-refractivity contribution < 1.29 is 22.8 Å². The zero-order valence-electron chi connectivity index (χ0n) is 18.4. The molecule has 0 atom stereocenters. The molecule has 34 heavy (non-hydrogen) atoms. The lowest BCUT2D eigenvalue weighted by Gasteiger charge is -2.11. The number of rotatable bonds is 6. The van der Waals surface area contributed by atoms with Crippen molar-refractivity contribution in [3.63, 3.8) is 0 Å². The summed E-state index contributed by atoms with van der Waals surface area (Å²) in [5.74, 6) is -0.443. The molecule has 3 rings (SSSR count). The first-order valence-electron chi connectivity index (χ1n) is 10.1. The molecular formula is C24H22F3N5O2. The van der Waals surface area contributed by atoms with E-state index < -0.39 is 23.7 Å². The summed E-state index contributed by atoms with van der Waals surface area (Å²) >= 11 is 0. The van der Waals surface area contributed by atoms with Crippen LogP contribution in [0.2, 0.25) is 0 Å². The number of carbonyl (C=O) groups excluding carboxylic acids is 2. The Kier molecular flexibility index (Phi) is 7.52. The van der Waals surface area contributed by atoms with Gasteiger partial charge in [-0.1, -0.05) is 18.2 Å². The van der Waals surface area contributed by atoms with Crippen LogP contribution in [0.3, 0.4) is 0 Å². The second-order valence-corrected chi connectivity index (χ2v) is 7.42. The van der Waals surface area contributed by atoms with Gasteiger partial charge < -0.3 is 15.5 Å². The van der Waals surface area contributed by atoms with E-state index in [0.29, 0.717) is 11.3 Å². The SMILES string of the molecule is CN(C)c1ccc(/C=N\NC(=O)c2ccc(NC(=O)Nc3cccc(C(F)(F)F)c3)cc2)cc1. The number of alkyl halides is 3. The Hall–Kier alpha value is -4.34. The van der Waals surface area contributed by atoms with Crippen LogP contribution in [0.1, 0.15) is 21.5 Å². The highest BCUT2D eigenvalue weighted by atomic mass is 19.4. The number of carbonyl (C=O) groups is 2. The molecule has 3 aromatic rings. The fourth-order valence-corrected chi connectivity index (χ4v) is 2.86. The van der Waals surface area contributed by atoms with Gasteiger partial charge in [-0.05, 0) is 60.2 Å². The molecule has 3 N–H and O–H groups in total. The lowest BCUT2D eigenvalue weighted by atomic mass is 10.2. The molecule has 0 spiro atoms. The number of amides is 3. The molecule has 0 heterocycles. The maximum Gasteiger partial charge on any atom is 0.416 e. The predicted molar refractivity (Wildman–Crippen MR) is 126 cm³/mol. The third kappa shape index (κ3) is 6.83. The van der Waals surface area contributed by atoms with Crippen LogP contribution >= 0.6 is 0 Å². The van der Waals surface area contributed by atoms with Gasteiger partial charge in [0.05, 0.1) is 11.8 Å². The highest BCUT2D eigenvalue weighted by molar-refractivity contribution is 6.00. The number of hydrogen-bond acceptors (Lipinski definition) is 4. The van der Waals surface area contributed by atoms with Crippen molar-refractivity contribution in [2.45, 2.75) is 6.18 Å². The van der Waals surface area contributed by atoms with Gasteiger partial charge in [-0.15, -0.1) is 0 Å². The minimum absolute atomic E-state index is 0.00228. The van der Waals surface area contributed by atoms with Crippen molar-refractivity contribution in [1.29, 1.82) is 0 Å². The summed E-state index contributed by atoms with van der Waals surface area (Å²) in [5, 5.41) is 8.77. The highest BCUT2D eigenvalue weighted by Crippen LogP contribution is 2.30. The van der Waals surface area contributed by atoms with Crippen molar-refractivity contribution in [1.82, 2.24) is 5.43 Å². The van der Waals surface area contributed by atoms with Crippen LogP contribution in [0.4, 0.5) is 35.0 Å². The third-order valence-electron chi connectivity index (χ3n) is 4.64. The number of halogens is 3. The molecule has 0 saturated heterocycles. The molecule has 7 nitrogen and oxygen atoms in total. The molecule has 0 aromatic heterocycles. The summed E-state index contributed by atoms with van der Waals surface area (Å²) in [6.07, 6.45) is -2.99. The third-order valence-corrected chi connectivity index (χ3v) is 4.64. The topological polar surface area (TPSA) is 85.8 Å². The Labute approximate surface area is 194 Å². The van der Waals surface area contributed by atoms with Gasteiger partial charge in [0.15, 0.2) is 0 Å². The number of hydrazone groups is 1. The second kappa shape index (κ2) is 10.5. The normalized spacial score (nSPS) is 11.2. The quantitative estimate of drug-likeness (QED) is 0.344. The van der Waals surface area contributed by atoms with Crippen LogP contribution in [0.5, 0.6) is 0 Å². The van der Waals surface area contributed by atoms with E-state index in [1.54, 1.807) is 0 Å². The number of nitrogens with one attached hydrogen (secondary N) is 3. The summed E-state index contributed by atoms with van der Waals surface area (Å²) in [7, 11) is 3.87. The average molecular weight is 469 g/mol. The fourth-order valence-electron chi connectivity index (χ4n) is 2.86. The molecule has 176 valence electrons. The molecule has 3 aromatic carbocycles. The van der Waals surface area contributed by atoms with Crippen LogP contribution in [-0.2, 0) is 6.18 Å².